The molecule has 0 saturated carbocycles. The summed E-state index contributed by atoms with van der Waals surface area (Å²) >= 11 is 0. The van der Waals surface area contributed by atoms with Gasteiger partial charge in [0, 0.05) is 19.6 Å². The van der Waals surface area contributed by atoms with E-state index in [1.165, 1.54) is 0 Å². The van der Waals surface area contributed by atoms with E-state index in [0.29, 0.717) is 6.54 Å². The van der Waals surface area contributed by atoms with Gasteiger partial charge < -0.3 is 15.0 Å². The fraction of sp³-hybridized carbons (Fsp3) is 0.500. The Bertz CT molecular complexity index is 480. The van der Waals surface area contributed by atoms with Crippen LogP contribution >= 0.6 is 0 Å². The summed E-state index contributed by atoms with van der Waals surface area (Å²) in [6, 6.07) is 0. The van der Waals surface area contributed by atoms with Crippen LogP contribution in [0.2, 0.25) is 0 Å². The van der Waals surface area contributed by atoms with Crippen LogP contribution in [0.15, 0.2) is 0 Å². The molecule has 1 heterocycles. The molecule has 2 rings (SSSR count). The Morgan fingerprint density at radius 1 is 1.05 bits per heavy atom. The van der Waals surface area contributed by atoms with Crippen molar-refractivity contribution in [2.24, 2.45) is 0 Å². The molecule has 1 aromatic rings. The Balaban J connectivity index is 2.37. The van der Waals surface area contributed by atoms with Crippen LogP contribution in [0.25, 0.3) is 0 Å². The van der Waals surface area contributed by atoms with E-state index in [9.17, 15) is 22.0 Å². The van der Waals surface area contributed by atoms with Crippen LogP contribution in [-0.4, -0.2) is 39.4 Å². The maximum Gasteiger partial charge on any atom is 0.200 e. The van der Waals surface area contributed by atoms with Gasteiger partial charge in [0.15, 0.2) is 23.3 Å². The quantitative estimate of drug-likeness (QED) is 0.523. The van der Waals surface area contributed by atoms with Gasteiger partial charge in [0.05, 0.1) is 12.7 Å². The molecule has 1 atom stereocenters. The molecule has 1 aliphatic heterocycles. The van der Waals surface area contributed by atoms with Crippen molar-refractivity contribution in [1.29, 1.82) is 0 Å². The highest BCUT2D eigenvalue weighted by atomic mass is 19.2. The first-order valence-electron chi connectivity index (χ1n) is 6.00. The molecule has 8 heteroatoms. The summed E-state index contributed by atoms with van der Waals surface area (Å²) < 4.78 is 72.0. The van der Waals surface area contributed by atoms with E-state index in [2.05, 4.69) is 5.32 Å². The summed E-state index contributed by atoms with van der Waals surface area (Å²) in [6.45, 7) is 0.648. The topological polar surface area (TPSA) is 24.5 Å². The number of nitrogens with zero attached hydrogens (tertiary/aromatic N) is 1. The molecule has 1 fully saturated rings. The predicted molar refractivity (Wildman–Crippen MR) is 62.1 cm³/mol. The lowest BCUT2D eigenvalue weighted by Crippen LogP contribution is -2.47. The number of benzene rings is 1. The summed E-state index contributed by atoms with van der Waals surface area (Å²) in [6.07, 6.45) is -0.385. The zero-order valence-electron chi connectivity index (χ0n) is 10.7. The highest BCUT2D eigenvalue weighted by molar-refractivity contribution is 5.51. The van der Waals surface area contributed by atoms with Crippen LogP contribution in [0.5, 0.6) is 0 Å². The van der Waals surface area contributed by atoms with E-state index < -0.39 is 34.8 Å². The average Bonchev–Trinajstić information content (AvgIpc) is 2.44. The molecule has 0 aromatic heterocycles. The van der Waals surface area contributed by atoms with Gasteiger partial charge in [-0.1, -0.05) is 0 Å². The molecule has 0 bridgehead atoms. The monoisotopic (exact) mass is 296 g/mol. The van der Waals surface area contributed by atoms with Crippen molar-refractivity contribution in [3.63, 3.8) is 0 Å². The summed E-state index contributed by atoms with van der Waals surface area (Å²) in [5, 5.41) is 2.82. The molecule has 3 nitrogen and oxygen atoms in total. The number of morpholine rings is 1. The molecule has 20 heavy (non-hydrogen) atoms. The Hall–Kier alpha value is -1.41. The highest BCUT2D eigenvalue weighted by Crippen LogP contribution is 2.31. The Kier molecular flexibility index (Phi) is 4.44. The Morgan fingerprint density at radius 2 is 1.60 bits per heavy atom. The number of rotatable bonds is 3. The second-order valence-electron chi connectivity index (χ2n) is 4.42. The third-order valence-electron chi connectivity index (χ3n) is 3.07. The smallest absolute Gasteiger partial charge is 0.200 e. The molecule has 0 aliphatic carbocycles. The van der Waals surface area contributed by atoms with Crippen LogP contribution in [0.1, 0.15) is 0 Å². The van der Waals surface area contributed by atoms with Crippen molar-refractivity contribution in [3.05, 3.63) is 29.1 Å². The first-order chi connectivity index (χ1) is 9.47. The van der Waals surface area contributed by atoms with Crippen LogP contribution < -0.4 is 10.2 Å². The molecule has 1 aliphatic rings. The number of ether oxygens (including phenoxy) is 1. The number of likely N-dealkylation sites (N-methyl/N-ethyl adjacent to an activating group) is 1. The number of nitrogens with one attached hydrogen (secondary N) is 1. The minimum Gasteiger partial charge on any atom is -0.373 e. The number of hydrogen-bond donors (Lipinski definition) is 1. The van der Waals surface area contributed by atoms with E-state index in [0.717, 1.165) is 4.90 Å². The van der Waals surface area contributed by atoms with Crippen molar-refractivity contribution >= 4 is 5.69 Å². The highest BCUT2D eigenvalue weighted by Gasteiger charge is 2.31. The van der Waals surface area contributed by atoms with Crippen LogP contribution in [0.3, 0.4) is 0 Å². The molecule has 1 saturated heterocycles. The lowest BCUT2D eigenvalue weighted by atomic mass is 10.2. The second kappa shape index (κ2) is 5.92. The molecule has 1 N–H and O–H groups in total. The van der Waals surface area contributed by atoms with Gasteiger partial charge in [-0.15, -0.1) is 0 Å². The van der Waals surface area contributed by atoms with E-state index >= 15 is 0 Å². The molecular weight excluding hydrogens is 283 g/mol. The zero-order chi connectivity index (χ0) is 14.9. The summed E-state index contributed by atoms with van der Waals surface area (Å²) in [7, 11) is 1.67. The van der Waals surface area contributed by atoms with Gasteiger partial charge in [-0.05, 0) is 7.05 Å². The van der Waals surface area contributed by atoms with Gasteiger partial charge in [-0.25, -0.2) is 22.0 Å². The maximum atomic E-state index is 13.7. The van der Waals surface area contributed by atoms with Gasteiger partial charge in [0.25, 0.3) is 0 Å². The fourth-order valence-electron chi connectivity index (χ4n) is 2.14. The lowest BCUT2D eigenvalue weighted by Gasteiger charge is -2.34. The van der Waals surface area contributed by atoms with E-state index in [1.54, 1.807) is 7.05 Å². The summed E-state index contributed by atoms with van der Waals surface area (Å²) in [5.74, 6) is -9.65. The number of hydrogen-bond acceptors (Lipinski definition) is 3. The molecular formula is C12H13F5N2O. The predicted octanol–water partition coefficient (Wildman–Crippen LogP) is 1.81. The minimum atomic E-state index is -2.15. The third kappa shape index (κ3) is 2.57. The van der Waals surface area contributed by atoms with Crippen molar-refractivity contribution in [1.82, 2.24) is 5.32 Å². The number of halogens is 5. The van der Waals surface area contributed by atoms with E-state index in [1.807, 2.05) is 0 Å². The maximum absolute atomic E-state index is 13.7. The van der Waals surface area contributed by atoms with Crippen LogP contribution in [0, 0.1) is 29.1 Å². The molecule has 1 aromatic carbocycles. The number of anilines is 1. The Labute approximate surface area is 112 Å². The van der Waals surface area contributed by atoms with Crippen molar-refractivity contribution < 1.29 is 26.7 Å². The van der Waals surface area contributed by atoms with Gasteiger partial charge in [0.2, 0.25) is 5.82 Å². The zero-order valence-corrected chi connectivity index (χ0v) is 10.7. The van der Waals surface area contributed by atoms with Crippen molar-refractivity contribution in [2.75, 3.05) is 38.2 Å². The van der Waals surface area contributed by atoms with E-state index in [4.69, 9.17) is 4.74 Å². The van der Waals surface area contributed by atoms with Crippen LogP contribution in [0.4, 0.5) is 27.6 Å². The van der Waals surface area contributed by atoms with Crippen molar-refractivity contribution in [3.8, 4) is 0 Å². The SMILES string of the molecule is CNCC1CN(c2c(F)c(F)c(F)c(F)c2F)CCO1. The molecule has 1 unspecified atom stereocenters. The normalized spacial score (nSPS) is 19.5. The first kappa shape index (κ1) is 15.0. The summed E-state index contributed by atoms with van der Waals surface area (Å²) in [4.78, 5) is 1.11. The minimum absolute atomic E-state index is 0.0409. The largest absolute Gasteiger partial charge is 0.373 e. The Morgan fingerprint density at radius 3 is 2.15 bits per heavy atom. The molecule has 0 spiro atoms. The standard InChI is InChI=1S/C12H13F5N2O/c1-18-4-6-5-19(2-3-20-6)12-10(16)8(14)7(13)9(15)11(12)17/h6,18H,2-5H2,1H3. The third-order valence-corrected chi connectivity index (χ3v) is 3.07. The average molecular weight is 296 g/mol. The first-order valence-corrected chi connectivity index (χ1v) is 6.00. The van der Waals surface area contributed by atoms with Gasteiger partial charge >= 0.3 is 0 Å². The van der Waals surface area contributed by atoms with Gasteiger partial charge in [-0.2, -0.15) is 0 Å². The van der Waals surface area contributed by atoms with Gasteiger partial charge in [-0.3, -0.25) is 0 Å². The molecule has 0 radical (unpaired) electrons. The summed E-state index contributed by atoms with van der Waals surface area (Å²) in [5.41, 5.74) is -0.897. The fourth-order valence-corrected chi connectivity index (χ4v) is 2.14. The van der Waals surface area contributed by atoms with Crippen molar-refractivity contribution in [2.45, 2.75) is 6.10 Å². The lowest BCUT2D eigenvalue weighted by molar-refractivity contribution is 0.0416. The van der Waals surface area contributed by atoms with Gasteiger partial charge in [0.1, 0.15) is 5.69 Å². The van der Waals surface area contributed by atoms with E-state index in [-0.39, 0.29) is 25.8 Å². The molecule has 0 amide bonds. The van der Waals surface area contributed by atoms with Crippen LogP contribution in [-0.2, 0) is 4.74 Å². The second-order valence-corrected chi connectivity index (χ2v) is 4.42. The molecule has 112 valence electrons.